The molecule has 1 heterocycles. The minimum atomic E-state index is 0.290. The summed E-state index contributed by atoms with van der Waals surface area (Å²) in [5, 5.41) is 12.3. The maximum Gasteiger partial charge on any atom is 0.0431 e. The van der Waals surface area contributed by atoms with E-state index in [1.165, 1.54) is 9.75 Å². The highest BCUT2D eigenvalue weighted by Crippen LogP contribution is 2.22. The second-order valence-electron chi connectivity index (χ2n) is 4.10. The van der Waals surface area contributed by atoms with Gasteiger partial charge in [-0.2, -0.15) is 0 Å². The van der Waals surface area contributed by atoms with Crippen LogP contribution in [0.15, 0.2) is 12.1 Å². The summed E-state index contributed by atoms with van der Waals surface area (Å²) < 4.78 is 0. The van der Waals surface area contributed by atoms with Crippen LogP contribution in [0.5, 0.6) is 0 Å². The Morgan fingerprint density at radius 1 is 1.40 bits per heavy atom. The van der Waals surface area contributed by atoms with Crippen LogP contribution in [0.2, 0.25) is 0 Å². The van der Waals surface area contributed by atoms with E-state index >= 15 is 0 Å². The molecule has 2 atom stereocenters. The van der Waals surface area contributed by atoms with E-state index in [1.54, 1.807) is 0 Å². The fraction of sp³-hybridized carbons (Fsp3) is 0.667. The quantitative estimate of drug-likeness (QED) is 0.783. The number of aliphatic hydroxyl groups excluding tert-OH is 1. The predicted octanol–water partition coefficient (Wildman–Crippen LogP) is 2.87. The van der Waals surface area contributed by atoms with Gasteiger partial charge in [-0.05, 0) is 45.7 Å². The zero-order valence-corrected chi connectivity index (χ0v) is 10.6. The summed E-state index contributed by atoms with van der Waals surface area (Å²) in [6.07, 6.45) is 1.91. The van der Waals surface area contributed by atoms with Gasteiger partial charge in [0.25, 0.3) is 0 Å². The van der Waals surface area contributed by atoms with Crippen LogP contribution in [0.1, 0.15) is 42.5 Å². The molecule has 1 rings (SSSR count). The smallest absolute Gasteiger partial charge is 0.0431 e. The number of rotatable bonds is 6. The Hall–Kier alpha value is -0.380. The molecule has 0 spiro atoms. The molecule has 15 heavy (non-hydrogen) atoms. The average molecular weight is 227 g/mol. The minimum absolute atomic E-state index is 0.290. The Morgan fingerprint density at radius 3 is 2.67 bits per heavy atom. The van der Waals surface area contributed by atoms with Gasteiger partial charge in [0.2, 0.25) is 0 Å². The first-order valence-electron chi connectivity index (χ1n) is 5.56. The summed E-state index contributed by atoms with van der Waals surface area (Å²) in [5.74, 6) is 0. The maximum absolute atomic E-state index is 8.74. The Kier molecular flexibility index (Phi) is 5.29. The van der Waals surface area contributed by atoms with Crippen molar-refractivity contribution in [3.63, 3.8) is 0 Å². The molecule has 0 saturated carbocycles. The molecule has 0 fully saturated rings. The lowest BCUT2D eigenvalue weighted by molar-refractivity contribution is 0.274. The highest BCUT2D eigenvalue weighted by Gasteiger charge is 2.10. The molecule has 1 aromatic rings. The fourth-order valence-corrected chi connectivity index (χ4v) is 2.56. The SMILES string of the molecule is Cc1ccc(C(C)NC(C)CCCO)s1. The van der Waals surface area contributed by atoms with Gasteiger partial charge in [-0.1, -0.05) is 0 Å². The molecule has 1 aromatic heterocycles. The van der Waals surface area contributed by atoms with Crippen LogP contribution in [0.25, 0.3) is 0 Å². The Morgan fingerprint density at radius 2 is 2.13 bits per heavy atom. The van der Waals surface area contributed by atoms with Gasteiger partial charge in [0.05, 0.1) is 0 Å². The maximum atomic E-state index is 8.74. The van der Waals surface area contributed by atoms with Crippen molar-refractivity contribution in [2.24, 2.45) is 0 Å². The molecule has 2 unspecified atom stereocenters. The molecule has 0 saturated heterocycles. The van der Waals surface area contributed by atoms with Gasteiger partial charge in [0.1, 0.15) is 0 Å². The van der Waals surface area contributed by atoms with Crippen LogP contribution in [-0.2, 0) is 0 Å². The summed E-state index contributed by atoms with van der Waals surface area (Å²) in [7, 11) is 0. The number of aryl methyl sites for hydroxylation is 1. The van der Waals surface area contributed by atoms with Gasteiger partial charge >= 0.3 is 0 Å². The fourth-order valence-electron chi connectivity index (χ4n) is 1.68. The lowest BCUT2D eigenvalue weighted by atomic mass is 10.1. The normalized spacial score (nSPS) is 15.2. The Balaban J connectivity index is 2.38. The summed E-state index contributed by atoms with van der Waals surface area (Å²) >= 11 is 1.85. The van der Waals surface area contributed by atoms with Gasteiger partial charge in [-0.15, -0.1) is 11.3 Å². The number of nitrogens with one attached hydrogen (secondary N) is 1. The molecule has 86 valence electrons. The molecule has 0 radical (unpaired) electrons. The zero-order valence-electron chi connectivity index (χ0n) is 9.79. The third kappa shape index (κ3) is 4.33. The van der Waals surface area contributed by atoms with Crippen molar-refractivity contribution in [3.05, 3.63) is 21.9 Å². The Bertz CT molecular complexity index is 285. The van der Waals surface area contributed by atoms with E-state index in [2.05, 4.69) is 38.2 Å². The van der Waals surface area contributed by atoms with E-state index in [4.69, 9.17) is 5.11 Å². The molecule has 3 heteroatoms. The molecule has 0 bridgehead atoms. The summed E-state index contributed by atoms with van der Waals surface area (Å²) in [6.45, 7) is 6.79. The first-order chi connectivity index (χ1) is 7.13. The van der Waals surface area contributed by atoms with Crippen LogP contribution in [-0.4, -0.2) is 17.8 Å². The molecule has 0 aromatic carbocycles. The standard InChI is InChI=1S/C12H21NOS/c1-9(5-4-8-14)13-11(3)12-7-6-10(2)15-12/h6-7,9,11,13-14H,4-5,8H2,1-3H3. The third-order valence-electron chi connectivity index (χ3n) is 2.52. The summed E-state index contributed by atoms with van der Waals surface area (Å²) in [5.41, 5.74) is 0. The van der Waals surface area contributed by atoms with Crippen molar-refractivity contribution < 1.29 is 5.11 Å². The van der Waals surface area contributed by atoms with Crippen molar-refractivity contribution in [3.8, 4) is 0 Å². The highest BCUT2D eigenvalue weighted by molar-refractivity contribution is 7.12. The van der Waals surface area contributed by atoms with Crippen molar-refractivity contribution in [1.82, 2.24) is 5.32 Å². The van der Waals surface area contributed by atoms with E-state index in [-0.39, 0.29) is 0 Å². The molecule has 2 nitrogen and oxygen atoms in total. The van der Waals surface area contributed by atoms with Crippen LogP contribution in [0, 0.1) is 6.92 Å². The minimum Gasteiger partial charge on any atom is -0.396 e. The first kappa shape index (κ1) is 12.7. The highest BCUT2D eigenvalue weighted by atomic mass is 32.1. The number of hydrogen-bond donors (Lipinski definition) is 2. The lowest BCUT2D eigenvalue weighted by Gasteiger charge is -2.18. The second-order valence-corrected chi connectivity index (χ2v) is 5.42. The van der Waals surface area contributed by atoms with Crippen molar-refractivity contribution in [2.45, 2.75) is 45.7 Å². The predicted molar refractivity (Wildman–Crippen MR) is 66.4 cm³/mol. The van der Waals surface area contributed by atoms with Gasteiger partial charge in [-0.25, -0.2) is 0 Å². The molecule has 0 aliphatic rings. The number of aliphatic hydroxyl groups is 1. The van der Waals surface area contributed by atoms with E-state index in [0.717, 1.165) is 12.8 Å². The zero-order chi connectivity index (χ0) is 11.3. The number of thiophene rings is 1. The molecular formula is C12H21NOS. The van der Waals surface area contributed by atoms with E-state index < -0.39 is 0 Å². The lowest BCUT2D eigenvalue weighted by Crippen LogP contribution is -2.28. The van der Waals surface area contributed by atoms with Gasteiger partial charge in [0.15, 0.2) is 0 Å². The van der Waals surface area contributed by atoms with Gasteiger partial charge < -0.3 is 10.4 Å². The topological polar surface area (TPSA) is 32.3 Å². The molecule has 0 aliphatic carbocycles. The monoisotopic (exact) mass is 227 g/mol. The molecular weight excluding hydrogens is 206 g/mol. The molecule has 2 N–H and O–H groups in total. The van der Waals surface area contributed by atoms with Crippen molar-refractivity contribution >= 4 is 11.3 Å². The Labute approximate surface area is 96.3 Å². The van der Waals surface area contributed by atoms with Gasteiger partial charge in [-0.3, -0.25) is 0 Å². The van der Waals surface area contributed by atoms with Crippen molar-refractivity contribution in [1.29, 1.82) is 0 Å². The second kappa shape index (κ2) is 6.26. The number of hydrogen-bond acceptors (Lipinski definition) is 3. The van der Waals surface area contributed by atoms with Crippen LogP contribution < -0.4 is 5.32 Å². The van der Waals surface area contributed by atoms with Crippen LogP contribution in [0.4, 0.5) is 0 Å². The molecule has 0 amide bonds. The summed E-state index contributed by atoms with van der Waals surface area (Å²) in [4.78, 5) is 2.75. The average Bonchev–Trinajstić information content (AvgIpc) is 2.61. The third-order valence-corrected chi connectivity index (χ3v) is 3.70. The van der Waals surface area contributed by atoms with Crippen molar-refractivity contribution in [2.75, 3.05) is 6.61 Å². The van der Waals surface area contributed by atoms with Crippen LogP contribution >= 0.6 is 11.3 Å². The largest absolute Gasteiger partial charge is 0.396 e. The van der Waals surface area contributed by atoms with Gasteiger partial charge in [0, 0.05) is 28.4 Å². The van der Waals surface area contributed by atoms with E-state index in [1.807, 2.05) is 11.3 Å². The first-order valence-corrected chi connectivity index (χ1v) is 6.38. The summed E-state index contributed by atoms with van der Waals surface area (Å²) in [6, 6.07) is 5.24. The van der Waals surface area contributed by atoms with Crippen LogP contribution in [0.3, 0.4) is 0 Å². The van der Waals surface area contributed by atoms with E-state index in [0.29, 0.717) is 18.7 Å². The van der Waals surface area contributed by atoms with E-state index in [9.17, 15) is 0 Å². The molecule has 0 aliphatic heterocycles.